The Morgan fingerprint density at radius 2 is 1.65 bits per heavy atom. The van der Waals surface area contributed by atoms with Crippen LogP contribution in [0.4, 0.5) is 0 Å². The van der Waals surface area contributed by atoms with Crippen molar-refractivity contribution in [1.29, 1.82) is 0 Å². The van der Waals surface area contributed by atoms with Crippen molar-refractivity contribution < 1.29 is 24.7 Å². The molecule has 1 heterocycles. The fourth-order valence-corrected chi connectivity index (χ4v) is 2.65. The fourth-order valence-electron chi connectivity index (χ4n) is 2.65. The van der Waals surface area contributed by atoms with Gasteiger partial charge in [-0.1, -0.05) is 30.3 Å². The molecule has 2 amide bonds. The molecule has 0 saturated carbocycles. The minimum atomic E-state index is -1.22. The van der Waals surface area contributed by atoms with E-state index < -0.39 is 17.8 Å². The van der Waals surface area contributed by atoms with Gasteiger partial charge in [0.1, 0.15) is 5.69 Å². The van der Waals surface area contributed by atoms with Crippen LogP contribution in [0.3, 0.4) is 0 Å². The van der Waals surface area contributed by atoms with Crippen molar-refractivity contribution in [3.8, 4) is 0 Å². The van der Waals surface area contributed by atoms with E-state index in [4.69, 9.17) is 5.21 Å². The van der Waals surface area contributed by atoms with Crippen LogP contribution in [0.1, 0.15) is 36.8 Å². The Hall–Kier alpha value is -3.65. The maximum Gasteiger partial charge on any atom is 0.353 e. The number of aromatic carboxylic acids is 1. The van der Waals surface area contributed by atoms with E-state index in [1.54, 1.807) is 36.4 Å². The number of carboxylic acid groups (broad SMARTS) is 1. The number of carbonyl (C=O) groups excluding carboxylic acids is 2. The van der Waals surface area contributed by atoms with Gasteiger partial charge in [0.15, 0.2) is 0 Å². The number of benzene rings is 2. The molecule has 1 aromatic heterocycles. The molecule has 0 radical (unpaired) electrons. The minimum absolute atomic E-state index is 0.0735. The molecule has 0 spiro atoms. The van der Waals surface area contributed by atoms with Crippen LogP contribution in [-0.4, -0.2) is 33.1 Å². The zero-order chi connectivity index (χ0) is 18.7. The Balaban J connectivity index is 1.80. The molecule has 0 aliphatic rings. The van der Waals surface area contributed by atoms with Crippen molar-refractivity contribution in [2.24, 2.45) is 0 Å². The summed E-state index contributed by atoms with van der Waals surface area (Å²) in [7, 11) is 0. The molecule has 0 unspecified atom stereocenters. The summed E-state index contributed by atoms with van der Waals surface area (Å²) in [6.45, 7) is 0.151. The van der Waals surface area contributed by atoms with Gasteiger partial charge in [0.05, 0.1) is 5.56 Å². The molecule has 3 aromatic rings. The molecule has 8 heteroatoms. The number of fused-ring (bicyclic) bond motifs is 1. The highest BCUT2D eigenvalue weighted by Gasteiger charge is 2.22. The Bertz CT molecular complexity index is 992. The Kier molecular flexibility index (Phi) is 4.68. The van der Waals surface area contributed by atoms with E-state index in [9.17, 15) is 19.5 Å². The third-order valence-electron chi connectivity index (χ3n) is 3.92. The second-order valence-corrected chi connectivity index (χ2v) is 5.55. The summed E-state index contributed by atoms with van der Waals surface area (Å²) in [4.78, 5) is 38.0. The molecule has 26 heavy (non-hydrogen) atoms. The third kappa shape index (κ3) is 3.26. The van der Waals surface area contributed by atoms with Crippen molar-refractivity contribution in [2.75, 3.05) is 0 Å². The number of carbonyl (C=O) groups is 3. The van der Waals surface area contributed by atoms with Crippen molar-refractivity contribution in [3.05, 3.63) is 70.9 Å². The first-order valence-electron chi connectivity index (χ1n) is 7.67. The highest BCUT2D eigenvalue weighted by Crippen LogP contribution is 2.22. The number of hydrogen-bond donors (Lipinski definition) is 5. The minimum Gasteiger partial charge on any atom is -0.477 e. The molecule has 0 aliphatic carbocycles. The topological polar surface area (TPSA) is 132 Å². The normalized spacial score (nSPS) is 10.5. The lowest BCUT2D eigenvalue weighted by molar-refractivity contribution is 0.0684. The van der Waals surface area contributed by atoms with E-state index in [1.165, 1.54) is 17.6 Å². The summed E-state index contributed by atoms with van der Waals surface area (Å²) >= 11 is 0. The number of aromatic nitrogens is 1. The summed E-state index contributed by atoms with van der Waals surface area (Å²) in [6, 6.07) is 13.1. The van der Waals surface area contributed by atoms with E-state index in [0.717, 1.165) is 0 Å². The average molecular weight is 353 g/mol. The largest absolute Gasteiger partial charge is 0.477 e. The van der Waals surface area contributed by atoms with Gasteiger partial charge in [-0.05, 0) is 23.8 Å². The van der Waals surface area contributed by atoms with Gasteiger partial charge in [-0.25, -0.2) is 10.3 Å². The third-order valence-corrected chi connectivity index (χ3v) is 3.92. The van der Waals surface area contributed by atoms with Gasteiger partial charge in [-0.3, -0.25) is 14.8 Å². The number of rotatable bonds is 5. The van der Waals surface area contributed by atoms with E-state index in [1.807, 2.05) is 0 Å². The van der Waals surface area contributed by atoms with E-state index in [2.05, 4.69) is 10.3 Å². The van der Waals surface area contributed by atoms with Crippen molar-refractivity contribution in [2.45, 2.75) is 6.54 Å². The zero-order valence-corrected chi connectivity index (χ0v) is 13.4. The molecular weight excluding hydrogens is 338 g/mol. The Morgan fingerprint density at radius 3 is 2.31 bits per heavy atom. The Morgan fingerprint density at radius 1 is 0.962 bits per heavy atom. The molecule has 0 bridgehead atoms. The molecule has 0 atom stereocenters. The van der Waals surface area contributed by atoms with Crippen LogP contribution in [0, 0.1) is 0 Å². The van der Waals surface area contributed by atoms with Gasteiger partial charge in [-0.2, -0.15) is 0 Å². The lowest BCUT2D eigenvalue weighted by atomic mass is 10.1. The number of aromatic amines is 1. The van der Waals surface area contributed by atoms with Crippen LogP contribution >= 0.6 is 0 Å². The maximum absolute atomic E-state index is 12.5. The van der Waals surface area contributed by atoms with Crippen LogP contribution in [0.15, 0.2) is 48.5 Å². The number of hydrogen-bond acceptors (Lipinski definition) is 4. The highest BCUT2D eigenvalue weighted by molar-refractivity contribution is 6.14. The number of nitrogens with one attached hydrogen (secondary N) is 3. The standard InChI is InChI=1S/C18H15N3O5/c22-16(21-26)11-7-5-10(6-8-11)9-19-17(23)14-12-3-1-2-4-13(12)20-15(14)18(24)25/h1-8,20,26H,9H2,(H,19,23)(H,21,22)(H,24,25). The zero-order valence-electron chi connectivity index (χ0n) is 13.4. The lowest BCUT2D eigenvalue weighted by Gasteiger charge is -2.07. The van der Waals surface area contributed by atoms with Gasteiger partial charge in [0.25, 0.3) is 11.8 Å². The van der Waals surface area contributed by atoms with Crippen LogP contribution in [0.2, 0.25) is 0 Å². The number of carboxylic acids is 1. The molecule has 0 aliphatic heterocycles. The van der Waals surface area contributed by atoms with Gasteiger partial charge in [-0.15, -0.1) is 0 Å². The first-order valence-corrected chi connectivity index (χ1v) is 7.67. The lowest BCUT2D eigenvalue weighted by Crippen LogP contribution is -2.24. The van der Waals surface area contributed by atoms with Crippen molar-refractivity contribution in [3.63, 3.8) is 0 Å². The summed E-state index contributed by atoms with van der Waals surface area (Å²) in [5, 5.41) is 21.1. The molecule has 8 nitrogen and oxygen atoms in total. The van der Waals surface area contributed by atoms with E-state index >= 15 is 0 Å². The van der Waals surface area contributed by atoms with Crippen LogP contribution < -0.4 is 10.8 Å². The number of H-pyrrole nitrogens is 1. The maximum atomic E-state index is 12.5. The molecule has 0 saturated heterocycles. The molecule has 0 fully saturated rings. The average Bonchev–Trinajstić information content (AvgIpc) is 3.06. The van der Waals surface area contributed by atoms with Gasteiger partial charge in [0, 0.05) is 23.0 Å². The summed E-state index contributed by atoms with van der Waals surface area (Å²) in [5.41, 5.74) is 2.99. The predicted octanol–water partition coefficient (Wildman–Crippen LogP) is 1.92. The van der Waals surface area contributed by atoms with Crippen molar-refractivity contribution in [1.82, 2.24) is 15.8 Å². The number of amides is 2. The van der Waals surface area contributed by atoms with Crippen LogP contribution in [0.5, 0.6) is 0 Å². The molecule has 3 rings (SSSR count). The van der Waals surface area contributed by atoms with Crippen LogP contribution in [0.25, 0.3) is 10.9 Å². The van der Waals surface area contributed by atoms with Crippen LogP contribution in [-0.2, 0) is 6.54 Å². The van der Waals surface area contributed by atoms with Gasteiger partial charge < -0.3 is 15.4 Å². The first kappa shape index (κ1) is 17.2. The molecule has 5 N–H and O–H groups in total. The van der Waals surface area contributed by atoms with Gasteiger partial charge >= 0.3 is 5.97 Å². The summed E-state index contributed by atoms with van der Waals surface area (Å²) in [5.74, 6) is -2.37. The quantitative estimate of drug-likeness (QED) is 0.353. The fraction of sp³-hybridized carbons (Fsp3) is 0.0556. The number of hydroxylamine groups is 1. The second kappa shape index (κ2) is 7.08. The van der Waals surface area contributed by atoms with Crippen molar-refractivity contribution >= 4 is 28.7 Å². The highest BCUT2D eigenvalue weighted by atomic mass is 16.5. The first-order chi connectivity index (χ1) is 12.5. The molecule has 132 valence electrons. The molecule has 2 aromatic carbocycles. The smallest absolute Gasteiger partial charge is 0.353 e. The number of para-hydroxylation sites is 1. The second-order valence-electron chi connectivity index (χ2n) is 5.55. The van der Waals surface area contributed by atoms with E-state index in [0.29, 0.717) is 16.5 Å². The SMILES string of the molecule is O=C(NO)c1ccc(CNC(=O)c2c(C(=O)O)[nH]c3ccccc23)cc1. The summed E-state index contributed by atoms with van der Waals surface area (Å²) in [6.07, 6.45) is 0. The Labute approximate surface area is 147 Å². The predicted molar refractivity (Wildman–Crippen MR) is 92.1 cm³/mol. The molecular formula is C18H15N3O5. The van der Waals surface area contributed by atoms with E-state index in [-0.39, 0.29) is 23.4 Å². The summed E-state index contributed by atoms with van der Waals surface area (Å²) < 4.78 is 0. The van der Waals surface area contributed by atoms with Gasteiger partial charge in [0.2, 0.25) is 0 Å². The monoisotopic (exact) mass is 353 g/mol.